The zero-order valence-electron chi connectivity index (χ0n) is 10.7. The Morgan fingerprint density at radius 2 is 2.00 bits per heavy atom. The third-order valence-electron chi connectivity index (χ3n) is 2.61. The molecule has 4 N–H and O–H groups in total. The smallest absolute Gasteiger partial charge is 0.321 e. The quantitative estimate of drug-likeness (QED) is 0.571. The Morgan fingerprint density at radius 3 is 2.58 bits per heavy atom. The summed E-state index contributed by atoms with van der Waals surface area (Å²) >= 11 is 0. The number of carbonyl (C=O) groups excluding carboxylic acids is 1. The van der Waals surface area contributed by atoms with Crippen LogP contribution in [0.5, 0.6) is 0 Å². The van der Waals surface area contributed by atoms with E-state index in [0.717, 1.165) is 5.56 Å². The third-order valence-corrected chi connectivity index (χ3v) is 2.61. The van der Waals surface area contributed by atoms with Crippen molar-refractivity contribution in [2.24, 2.45) is 0 Å². The molecular formula is C13H18N2O4. The van der Waals surface area contributed by atoms with E-state index in [0.29, 0.717) is 5.69 Å². The van der Waals surface area contributed by atoms with Crippen LogP contribution in [0.3, 0.4) is 0 Å². The van der Waals surface area contributed by atoms with E-state index in [1.807, 2.05) is 19.1 Å². The number of benzene rings is 1. The topological polar surface area (TPSA) is 98.7 Å². The fourth-order valence-corrected chi connectivity index (χ4v) is 1.59. The van der Waals surface area contributed by atoms with Crippen LogP contribution in [-0.4, -0.2) is 41.3 Å². The van der Waals surface area contributed by atoms with Crippen molar-refractivity contribution in [2.45, 2.75) is 19.4 Å². The molecule has 0 bridgehead atoms. The molecule has 0 fully saturated rings. The van der Waals surface area contributed by atoms with Gasteiger partial charge in [0.05, 0.1) is 13.0 Å². The van der Waals surface area contributed by atoms with Crippen LogP contribution in [-0.2, 0) is 9.59 Å². The Morgan fingerprint density at radius 1 is 1.32 bits per heavy atom. The van der Waals surface area contributed by atoms with Gasteiger partial charge in [-0.25, -0.2) is 0 Å². The highest BCUT2D eigenvalue weighted by Gasteiger charge is 2.20. The van der Waals surface area contributed by atoms with Gasteiger partial charge in [-0.3, -0.25) is 9.59 Å². The number of amides is 1. The SMILES string of the molecule is Cc1ccccc1NC(=O)C[C@@H](NCCO)C(=O)O. The summed E-state index contributed by atoms with van der Waals surface area (Å²) in [5.74, 6) is -1.50. The summed E-state index contributed by atoms with van der Waals surface area (Å²) in [5.41, 5.74) is 1.57. The largest absolute Gasteiger partial charge is 0.480 e. The van der Waals surface area contributed by atoms with Crippen LogP contribution in [0.15, 0.2) is 24.3 Å². The Hall–Kier alpha value is -1.92. The van der Waals surface area contributed by atoms with E-state index in [1.165, 1.54) is 0 Å². The van der Waals surface area contributed by atoms with Gasteiger partial charge in [0.1, 0.15) is 6.04 Å². The van der Waals surface area contributed by atoms with Gasteiger partial charge in [-0.2, -0.15) is 0 Å². The van der Waals surface area contributed by atoms with Gasteiger partial charge in [0.2, 0.25) is 5.91 Å². The van der Waals surface area contributed by atoms with Crippen molar-refractivity contribution in [2.75, 3.05) is 18.5 Å². The van der Waals surface area contributed by atoms with Crippen LogP contribution < -0.4 is 10.6 Å². The fourth-order valence-electron chi connectivity index (χ4n) is 1.59. The summed E-state index contributed by atoms with van der Waals surface area (Å²) in [4.78, 5) is 22.7. The molecule has 0 saturated carbocycles. The highest BCUT2D eigenvalue weighted by atomic mass is 16.4. The van der Waals surface area contributed by atoms with E-state index in [2.05, 4.69) is 10.6 Å². The van der Waals surface area contributed by atoms with E-state index in [1.54, 1.807) is 12.1 Å². The molecule has 1 aromatic carbocycles. The molecule has 0 aliphatic heterocycles. The van der Waals surface area contributed by atoms with Gasteiger partial charge in [0, 0.05) is 12.2 Å². The predicted octanol–water partition coefficient (Wildman–Crippen LogP) is 0.359. The predicted molar refractivity (Wildman–Crippen MR) is 70.9 cm³/mol. The summed E-state index contributed by atoms with van der Waals surface area (Å²) < 4.78 is 0. The third kappa shape index (κ3) is 5.07. The molecular weight excluding hydrogens is 248 g/mol. The van der Waals surface area contributed by atoms with Crippen molar-refractivity contribution >= 4 is 17.6 Å². The number of nitrogens with one attached hydrogen (secondary N) is 2. The highest BCUT2D eigenvalue weighted by Crippen LogP contribution is 2.13. The molecule has 0 aromatic heterocycles. The minimum Gasteiger partial charge on any atom is -0.480 e. The molecule has 0 aliphatic carbocycles. The normalized spacial score (nSPS) is 11.9. The molecule has 1 aromatic rings. The second kappa shape index (κ2) is 7.50. The van der Waals surface area contributed by atoms with Gasteiger partial charge in [0.15, 0.2) is 0 Å². The molecule has 19 heavy (non-hydrogen) atoms. The number of carboxylic acid groups (broad SMARTS) is 1. The molecule has 1 atom stereocenters. The van der Waals surface area contributed by atoms with Gasteiger partial charge >= 0.3 is 5.97 Å². The number of aryl methyl sites for hydroxylation is 1. The van der Waals surface area contributed by atoms with E-state index in [4.69, 9.17) is 10.2 Å². The van der Waals surface area contributed by atoms with E-state index in [-0.39, 0.29) is 25.5 Å². The second-order valence-corrected chi connectivity index (χ2v) is 4.14. The molecule has 104 valence electrons. The average Bonchev–Trinajstić information content (AvgIpc) is 2.37. The van der Waals surface area contributed by atoms with Crippen LogP contribution in [0, 0.1) is 6.92 Å². The first-order valence-corrected chi connectivity index (χ1v) is 5.97. The summed E-state index contributed by atoms with van der Waals surface area (Å²) in [6, 6.07) is 6.25. The minimum atomic E-state index is -1.12. The second-order valence-electron chi connectivity index (χ2n) is 4.14. The zero-order valence-corrected chi connectivity index (χ0v) is 10.7. The van der Waals surface area contributed by atoms with Crippen molar-refractivity contribution in [1.82, 2.24) is 5.32 Å². The summed E-state index contributed by atoms with van der Waals surface area (Å²) in [5, 5.41) is 22.8. The number of carbonyl (C=O) groups is 2. The molecule has 1 rings (SSSR count). The highest BCUT2D eigenvalue weighted by molar-refractivity contribution is 5.94. The lowest BCUT2D eigenvalue weighted by Gasteiger charge is -2.14. The van der Waals surface area contributed by atoms with Gasteiger partial charge < -0.3 is 20.8 Å². The average molecular weight is 266 g/mol. The maximum atomic E-state index is 11.8. The molecule has 6 nitrogen and oxygen atoms in total. The minimum absolute atomic E-state index is 0.134. The number of anilines is 1. The maximum Gasteiger partial charge on any atom is 0.321 e. The molecule has 0 saturated heterocycles. The number of rotatable bonds is 7. The zero-order chi connectivity index (χ0) is 14.3. The van der Waals surface area contributed by atoms with E-state index >= 15 is 0 Å². The van der Waals surface area contributed by atoms with Gasteiger partial charge in [-0.1, -0.05) is 18.2 Å². The van der Waals surface area contributed by atoms with Crippen LogP contribution in [0.2, 0.25) is 0 Å². The Kier molecular flexibility index (Phi) is 5.98. The Labute approximate surface area is 111 Å². The molecule has 0 unspecified atom stereocenters. The van der Waals surface area contributed by atoms with Crippen LogP contribution in [0.25, 0.3) is 0 Å². The van der Waals surface area contributed by atoms with Crippen molar-refractivity contribution in [3.8, 4) is 0 Å². The molecule has 1 amide bonds. The standard InChI is InChI=1S/C13H18N2O4/c1-9-4-2-3-5-10(9)15-12(17)8-11(13(18)19)14-6-7-16/h2-5,11,14,16H,6-8H2,1H3,(H,15,17)(H,18,19)/t11-/m1/s1. The first-order chi connectivity index (χ1) is 9.04. The number of aliphatic hydroxyl groups is 1. The molecule has 0 radical (unpaired) electrons. The number of hydrogen-bond acceptors (Lipinski definition) is 4. The van der Waals surface area contributed by atoms with Crippen molar-refractivity contribution in [1.29, 1.82) is 0 Å². The van der Waals surface area contributed by atoms with Crippen LogP contribution in [0.1, 0.15) is 12.0 Å². The van der Waals surface area contributed by atoms with Crippen LogP contribution in [0.4, 0.5) is 5.69 Å². The summed E-state index contributed by atoms with van der Waals surface area (Å²) in [6.45, 7) is 1.81. The first kappa shape index (κ1) is 15.1. The number of para-hydroxylation sites is 1. The van der Waals surface area contributed by atoms with Gasteiger partial charge in [-0.15, -0.1) is 0 Å². The lowest BCUT2D eigenvalue weighted by molar-refractivity contribution is -0.141. The molecule has 6 heteroatoms. The van der Waals surface area contributed by atoms with Crippen molar-refractivity contribution < 1.29 is 19.8 Å². The van der Waals surface area contributed by atoms with Crippen LogP contribution >= 0.6 is 0 Å². The number of carboxylic acids is 1. The van der Waals surface area contributed by atoms with E-state index in [9.17, 15) is 9.59 Å². The maximum absolute atomic E-state index is 11.8. The summed E-state index contributed by atoms with van der Waals surface area (Å²) in [7, 11) is 0. The van der Waals surface area contributed by atoms with Gasteiger partial charge in [0.25, 0.3) is 0 Å². The van der Waals surface area contributed by atoms with Crippen molar-refractivity contribution in [3.05, 3.63) is 29.8 Å². The lowest BCUT2D eigenvalue weighted by Crippen LogP contribution is -2.41. The van der Waals surface area contributed by atoms with Gasteiger partial charge in [-0.05, 0) is 18.6 Å². The van der Waals surface area contributed by atoms with E-state index < -0.39 is 12.0 Å². The monoisotopic (exact) mass is 266 g/mol. The molecule has 0 heterocycles. The molecule has 0 aliphatic rings. The Bertz CT molecular complexity index is 448. The number of aliphatic carboxylic acids is 1. The summed E-state index contributed by atoms with van der Waals surface area (Å²) in [6.07, 6.45) is -0.191. The molecule has 0 spiro atoms. The Balaban J connectivity index is 2.58. The number of hydrogen-bond donors (Lipinski definition) is 4. The number of aliphatic hydroxyl groups excluding tert-OH is 1. The van der Waals surface area contributed by atoms with Crippen molar-refractivity contribution in [3.63, 3.8) is 0 Å². The lowest BCUT2D eigenvalue weighted by atomic mass is 10.1. The first-order valence-electron chi connectivity index (χ1n) is 5.97. The fraction of sp³-hybridized carbons (Fsp3) is 0.385.